The van der Waals surface area contributed by atoms with Gasteiger partial charge in [-0.25, -0.2) is 0 Å². The van der Waals surface area contributed by atoms with E-state index in [1.807, 2.05) is 49.4 Å². The number of benzene rings is 2. The lowest BCUT2D eigenvalue weighted by Gasteiger charge is -2.13. The molecule has 122 valence electrons. The van der Waals surface area contributed by atoms with Crippen LogP contribution >= 0.6 is 11.6 Å². The Bertz CT molecular complexity index is 817. The average Bonchev–Trinajstić information content (AvgIpc) is 3.07. The Hall–Kier alpha value is -2.73. The lowest BCUT2D eigenvalue weighted by molar-refractivity contribution is -0.119. The smallest absolute Gasteiger partial charge is 0.251 e. The fourth-order valence-electron chi connectivity index (χ4n) is 2.27. The van der Waals surface area contributed by atoms with Gasteiger partial charge in [0, 0.05) is 16.3 Å². The quantitative estimate of drug-likeness (QED) is 0.769. The Balaban J connectivity index is 1.78. The first kappa shape index (κ1) is 16.1. The van der Waals surface area contributed by atoms with Crippen molar-refractivity contribution in [2.75, 3.05) is 5.32 Å². The molecule has 1 atom stereocenters. The summed E-state index contributed by atoms with van der Waals surface area (Å²) in [5.74, 6) is 0.279. The van der Waals surface area contributed by atoms with Crippen molar-refractivity contribution in [3.8, 4) is 11.4 Å². The molecule has 0 aliphatic heterocycles. The summed E-state index contributed by atoms with van der Waals surface area (Å²) in [6, 6.07) is 15.9. The monoisotopic (exact) mass is 341 g/mol. The van der Waals surface area contributed by atoms with Crippen molar-refractivity contribution in [1.29, 1.82) is 0 Å². The Kier molecular flexibility index (Phi) is 4.86. The molecule has 3 aromatic rings. The topological polar surface area (TPSA) is 72.7 Å². The van der Waals surface area contributed by atoms with E-state index in [-0.39, 0.29) is 5.91 Å². The third-order valence-electron chi connectivity index (χ3n) is 3.54. The summed E-state index contributed by atoms with van der Waals surface area (Å²) in [5.41, 5.74) is 1.53. The molecule has 1 unspecified atom stereocenters. The van der Waals surface area contributed by atoms with E-state index in [1.54, 1.807) is 12.1 Å². The number of hydrogen-bond acceptors (Lipinski definition) is 4. The molecule has 0 saturated heterocycles. The van der Waals surface area contributed by atoms with Crippen LogP contribution in [0.3, 0.4) is 0 Å². The van der Waals surface area contributed by atoms with Crippen molar-refractivity contribution in [2.45, 2.75) is 19.4 Å². The number of carbonyl (C=O) groups is 1. The summed E-state index contributed by atoms with van der Waals surface area (Å²) < 4.78 is 0. The van der Waals surface area contributed by atoms with E-state index in [1.165, 1.54) is 4.80 Å². The second kappa shape index (κ2) is 7.23. The number of nitrogens with zero attached hydrogens (tertiary/aromatic N) is 4. The van der Waals surface area contributed by atoms with Crippen LogP contribution < -0.4 is 5.32 Å². The summed E-state index contributed by atoms with van der Waals surface area (Å²) in [4.78, 5) is 13.8. The fourth-order valence-corrected chi connectivity index (χ4v) is 2.40. The summed E-state index contributed by atoms with van der Waals surface area (Å²) in [6.45, 7) is 1.90. The zero-order valence-corrected chi connectivity index (χ0v) is 13.8. The second-order valence-corrected chi connectivity index (χ2v) is 5.66. The molecule has 2 aromatic carbocycles. The minimum Gasteiger partial charge on any atom is -0.324 e. The van der Waals surface area contributed by atoms with Crippen LogP contribution in [-0.2, 0) is 4.79 Å². The summed E-state index contributed by atoms with van der Waals surface area (Å²) in [5, 5.41) is 15.9. The van der Waals surface area contributed by atoms with Gasteiger partial charge in [-0.2, -0.15) is 4.80 Å². The van der Waals surface area contributed by atoms with Gasteiger partial charge in [0.15, 0.2) is 6.04 Å². The summed E-state index contributed by atoms with van der Waals surface area (Å²) in [7, 11) is 0. The van der Waals surface area contributed by atoms with Gasteiger partial charge >= 0.3 is 0 Å². The average molecular weight is 342 g/mol. The van der Waals surface area contributed by atoms with E-state index in [0.29, 0.717) is 17.3 Å². The van der Waals surface area contributed by atoms with Gasteiger partial charge in [0.05, 0.1) is 0 Å². The highest BCUT2D eigenvalue weighted by Gasteiger charge is 2.22. The van der Waals surface area contributed by atoms with E-state index < -0.39 is 6.04 Å². The predicted molar refractivity (Wildman–Crippen MR) is 92.7 cm³/mol. The number of para-hydroxylation sites is 1. The molecule has 0 aliphatic rings. The van der Waals surface area contributed by atoms with E-state index in [4.69, 9.17) is 11.6 Å². The van der Waals surface area contributed by atoms with Crippen LogP contribution in [0.1, 0.15) is 19.4 Å². The summed E-state index contributed by atoms with van der Waals surface area (Å²) >= 11 is 5.88. The normalized spacial score (nSPS) is 11.9. The van der Waals surface area contributed by atoms with Gasteiger partial charge in [0.2, 0.25) is 5.82 Å². The lowest BCUT2D eigenvalue weighted by Crippen LogP contribution is -2.27. The van der Waals surface area contributed by atoms with Crippen LogP contribution in [0.25, 0.3) is 11.4 Å². The van der Waals surface area contributed by atoms with Gasteiger partial charge in [-0.05, 0) is 48.0 Å². The van der Waals surface area contributed by atoms with Crippen LogP contribution in [0, 0.1) is 0 Å². The standard InChI is InChI=1S/C17H16ClN5O/c1-2-15(17(24)19-14-6-4-3-5-7-14)23-21-16(20-22-23)12-8-10-13(18)11-9-12/h3-11,15H,2H2,1H3,(H,19,24). The van der Waals surface area contributed by atoms with E-state index in [2.05, 4.69) is 20.7 Å². The molecular formula is C17H16ClN5O. The third-order valence-corrected chi connectivity index (χ3v) is 3.79. The minimum absolute atomic E-state index is 0.177. The Morgan fingerprint density at radius 3 is 2.54 bits per heavy atom. The van der Waals surface area contributed by atoms with E-state index in [9.17, 15) is 4.79 Å². The van der Waals surface area contributed by atoms with Crippen molar-refractivity contribution >= 4 is 23.2 Å². The van der Waals surface area contributed by atoms with Crippen molar-refractivity contribution in [3.63, 3.8) is 0 Å². The molecule has 3 rings (SSSR count). The van der Waals surface area contributed by atoms with Crippen LogP contribution in [0.4, 0.5) is 5.69 Å². The molecule has 1 N–H and O–H groups in total. The van der Waals surface area contributed by atoms with Gasteiger partial charge in [-0.3, -0.25) is 4.79 Å². The van der Waals surface area contributed by atoms with Crippen molar-refractivity contribution in [1.82, 2.24) is 20.2 Å². The number of tetrazole rings is 1. The first-order valence-corrected chi connectivity index (χ1v) is 7.96. The maximum atomic E-state index is 12.5. The molecule has 0 fully saturated rings. The molecule has 6 nitrogen and oxygen atoms in total. The highest BCUT2D eigenvalue weighted by atomic mass is 35.5. The van der Waals surface area contributed by atoms with Gasteiger partial charge in [-0.1, -0.05) is 36.7 Å². The maximum absolute atomic E-state index is 12.5. The van der Waals surface area contributed by atoms with Crippen molar-refractivity contribution in [3.05, 3.63) is 59.6 Å². The highest BCUT2D eigenvalue weighted by molar-refractivity contribution is 6.30. The first-order chi connectivity index (χ1) is 11.7. The molecule has 1 amide bonds. The Labute approximate surface area is 144 Å². The van der Waals surface area contributed by atoms with Crippen LogP contribution in [-0.4, -0.2) is 26.1 Å². The van der Waals surface area contributed by atoms with E-state index >= 15 is 0 Å². The molecule has 0 bridgehead atoms. The first-order valence-electron chi connectivity index (χ1n) is 7.58. The Morgan fingerprint density at radius 2 is 1.88 bits per heavy atom. The number of aromatic nitrogens is 4. The molecule has 24 heavy (non-hydrogen) atoms. The number of nitrogens with one attached hydrogen (secondary N) is 1. The number of carbonyl (C=O) groups excluding carboxylic acids is 1. The van der Waals surface area contributed by atoms with Gasteiger partial charge in [0.1, 0.15) is 0 Å². The zero-order chi connectivity index (χ0) is 16.9. The second-order valence-electron chi connectivity index (χ2n) is 5.22. The minimum atomic E-state index is -0.529. The van der Waals surface area contributed by atoms with Gasteiger partial charge in [0.25, 0.3) is 5.91 Å². The number of hydrogen-bond donors (Lipinski definition) is 1. The Morgan fingerprint density at radius 1 is 1.17 bits per heavy atom. The molecule has 1 aromatic heterocycles. The highest BCUT2D eigenvalue weighted by Crippen LogP contribution is 2.19. The predicted octanol–water partition coefficient (Wildman–Crippen LogP) is 3.58. The molecule has 0 spiro atoms. The zero-order valence-electron chi connectivity index (χ0n) is 13.1. The van der Waals surface area contributed by atoms with Crippen molar-refractivity contribution < 1.29 is 4.79 Å². The molecule has 7 heteroatoms. The fraction of sp³-hybridized carbons (Fsp3) is 0.176. The van der Waals surface area contributed by atoms with E-state index in [0.717, 1.165) is 11.3 Å². The molecule has 0 aliphatic carbocycles. The lowest BCUT2D eigenvalue weighted by atomic mass is 10.2. The van der Waals surface area contributed by atoms with Crippen molar-refractivity contribution in [2.24, 2.45) is 0 Å². The third kappa shape index (κ3) is 3.60. The molecule has 0 radical (unpaired) electrons. The number of halogens is 1. The number of rotatable bonds is 5. The van der Waals surface area contributed by atoms with Gasteiger partial charge < -0.3 is 5.32 Å². The SMILES string of the molecule is CCC(C(=O)Nc1ccccc1)n1nnc(-c2ccc(Cl)cc2)n1. The van der Waals surface area contributed by atoms with Gasteiger partial charge in [-0.15, -0.1) is 10.2 Å². The molecule has 1 heterocycles. The number of amides is 1. The number of anilines is 1. The van der Waals surface area contributed by atoms with Crippen LogP contribution in [0.15, 0.2) is 54.6 Å². The van der Waals surface area contributed by atoms with Crippen LogP contribution in [0.5, 0.6) is 0 Å². The largest absolute Gasteiger partial charge is 0.324 e. The molecular weight excluding hydrogens is 326 g/mol. The maximum Gasteiger partial charge on any atom is 0.251 e. The summed E-state index contributed by atoms with van der Waals surface area (Å²) in [6.07, 6.45) is 0.551. The van der Waals surface area contributed by atoms with Crippen LogP contribution in [0.2, 0.25) is 5.02 Å². The molecule has 0 saturated carbocycles.